The van der Waals surface area contributed by atoms with Gasteiger partial charge in [-0.05, 0) is 26.2 Å². The monoisotopic (exact) mass is 182 g/mol. The summed E-state index contributed by atoms with van der Waals surface area (Å²) < 4.78 is 4.79. The fourth-order valence-electron chi connectivity index (χ4n) is 0.957. The minimum atomic E-state index is -0.105. The number of hydrogen-bond acceptors (Lipinski definition) is 2. The third kappa shape index (κ3) is 7.32. The average molecular weight is 182 g/mol. The predicted octanol–water partition coefficient (Wildman–Crippen LogP) is 2.85. The second kappa shape index (κ2) is 7.59. The zero-order chi connectivity index (χ0) is 10.1. The summed E-state index contributed by atoms with van der Waals surface area (Å²) in [5.41, 5.74) is 1.03. The first-order valence-electron chi connectivity index (χ1n) is 4.66. The van der Waals surface area contributed by atoms with E-state index in [1.165, 1.54) is 0 Å². The molecule has 0 aliphatic carbocycles. The summed E-state index contributed by atoms with van der Waals surface area (Å²) in [6, 6.07) is 0. The van der Waals surface area contributed by atoms with Crippen LogP contribution in [-0.2, 0) is 9.53 Å². The van der Waals surface area contributed by atoms with E-state index in [-0.39, 0.29) is 5.97 Å². The Hall–Kier alpha value is -1.05. The maximum absolute atomic E-state index is 10.9. The van der Waals surface area contributed by atoms with Gasteiger partial charge in [0.2, 0.25) is 0 Å². The molecule has 0 aliphatic rings. The van der Waals surface area contributed by atoms with E-state index in [1.54, 1.807) is 6.08 Å². The van der Waals surface area contributed by atoms with Crippen molar-refractivity contribution in [1.82, 2.24) is 0 Å². The fraction of sp³-hybridized carbons (Fsp3) is 0.545. The van der Waals surface area contributed by atoms with E-state index in [4.69, 9.17) is 4.74 Å². The summed E-state index contributed by atoms with van der Waals surface area (Å²) in [6.07, 6.45) is 5.03. The summed E-state index contributed by atoms with van der Waals surface area (Å²) >= 11 is 0. The van der Waals surface area contributed by atoms with Gasteiger partial charge in [0.05, 0.1) is 6.61 Å². The smallest absolute Gasteiger partial charge is 0.305 e. The van der Waals surface area contributed by atoms with Gasteiger partial charge in [-0.2, -0.15) is 0 Å². The van der Waals surface area contributed by atoms with Crippen LogP contribution in [0.1, 0.15) is 32.6 Å². The molecule has 2 heteroatoms. The Balaban J connectivity index is 3.30. The van der Waals surface area contributed by atoms with Gasteiger partial charge in [-0.1, -0.05) is 24.8 Å². The molecule has 0 unspecified atom stereocenters. The summed E-state index contributed by atoms with van der Waals surface area (Å²) in [5, 5.41) is 0. The molecule has 0 saturated carbocycles. The molecule has 0 heterocycles. The molecule has 0 radical (unpaired) electrons. The van der Waals surface area contributed by atoms with E-state index >= 15 is 0 Å². The molecule has 0 fully saturated rings. The van der Waals surface area contributed by atoms with Crippen LogP contribution in [-0.4, -0.2) is 12.6 Å². The molecule has 13 heavy (non-hydrogen) atoms. The van der Waals surface area contributed by atoms with E-state index in [0.29, 0.717) is 13.0 Å². The number of carbonyl (C=O) groups is 1. The van der Waals surface area contributed by atoms with Crippen LogP contribution < -0.4 is 0 Å². The third-order valence-corrected chi connectivity index (χ3v) is 1.72. The molecule has 0 aromatic rings. The Labute approximate surface area is 80.3 Å². The molecule has 0 saturated heterocycles. The largest absolute Gasteiger partial charge is 0.466 e. The van der Waals surface area contributed by atoms with Crippen molar-refractivity contribution in [3.63, 3.8) is 0 Å². The molecule has 0 amide bonds. The molecule has 0 rings (SSSR count). The standard InChI is InChI=1S/C11H18O2/c1-4-10(3)8-6-7-9-11(12)13-5-2/h4H,1,3,5-9H2,2H3. The van der Waals surface area contributed by atoms with Gasteiger partial charge in [-0.15, -0.1) is 0 Å². The van der Waals surface area contributed by atoms with Crippen LogP contribution in [0.2, 0.25) is 0 Å². The highest BCUT2D eigenvalue weighted by Gasteiger charge is 2.00. The summed E-state index contributed by atoms with van der Waals surface area (Å²) in [6.45, 7) is 9.69. The highest BCUT2D eigenvalue weighted by atomic mass is 16.5. The lowest BCUT2D eigenvalue weighted by atomic mass is 10.1. The number of rotatable bonds is 7. The summed E-state index contributed by atoms with van der Waals surface area (Å²) in [4.78, 5) is 10.9. The van der Waals surface area contributed by atoms with E-state index in [2.05, 4.69) is 13.2 Å². The van der Waals surface area contributed by atoms with Gasteiger partial charge in [-0.3, -0.25) is 4.79 Å². The van der Waals surface area contributed by atoms with Gasteiger partial charge in [0, 0.05) is 6.42 Å². The highest BCUT2D eigenvalue weighted by Crippen LogP contribution is 2.07. The van der Waals surface area contributed by atoms with Crippen molar-refractivity contribution in [2.24, 2.45) is 0 Å². The summed E-state index contributed by atoms with van der Waals surface area (Å²) in [5.74, 6) is -0.105. The summed E-state index contributed by atoms with van der Waals surface area (Å²) in [7, 11) is 0. The second-order valence-electron chi connectivity index (χ2n) is 2.87. The van der Waals surface area contributed by atoms with Crippen LogP contribution >= 0.6 is 0 Å². The van der Waals surface area contributed by atoms with Crippen LogP contribution in [0.3, 0.4) is 0 Å². The van der Waals surface area contributed by atoms with E-state index in [1.807, 2.05) is 6.92 Å². The van der Waals surface area contributed by atoms with E-state index in [0.717, 1.165) is 24.8 Å². The van der Waals surface area contributed by atoms with Crippen LogP contribution in [0.4, 0.5) is 0 Å². The van der Waals surface area contributed by atoms with Gasteiger partial charge in [0.1, 0.15) is 0 Å². The lowest BCUT2D eigenvalue weighted by Gasteiger charge is -2.01. The molecular weight excluding hydrogens is 164 g/mol. The first kappa shape index (κ1) is 11.9. The molecule has 0 spiro atoms. The quantitative estimate of drug-likeness (QED) is 0.344. The number of hydrogen-bond donors (Lipinski definition) is 0. The Morgan fingerprint density at radius 1 is 1.38 bits per heavy atom. The molecule has 2 nitrogen and oxygen atoms in total. The highest BCUT2D eigenvalue weighted by molar-refractivity contribution is 5.69. The van der Waals surface area contributed by atoms with Crippen molar-refractivity contribution < 1.29 is 9.53 Å². The molecule has 0 aromatic carbocycles. The molecular formula is C11H18O2. The molecule has 0 bridgehead atoms. The fourth-order valence-corrected chi connectivity index (χ4v) is 0.957. The van der Waals surface area contributed by atoms with Gasteiger partial charge >= 0.3 is 5.97 Å². The minimum Gasteiger partial charge on any atom is -0.466 e. The van der Waals surface area contributed by atoms with Crippen LogP contribution in [0.5, 0.6) is 0 Å². The molecule has 0 N–H and O–H groups in total. The number of allylic oxidation sites excluding steroid dienone is 2. The first-order chi connectivity index (χ1) is 6.20. The normalized spacial score (nSPS) is 9.31. The Bertz CT molecular complexity index is 183. The van der Waals surface area contributed by atoms with Crippen LogP contribution in [0, 0.1) is 0 Å². The zero-order valence-corrected chi connectivity index (χ0v) is 8.34. The molecule has 0 aromatic heterocycles. The Morgan fingerprint density at radius 3 is 2.54 bits per heavy atom. The van der Waals surface area contributed by atoms with Gasteiger partial charge in [0.15, 0.2) is 0 Å². The second-order valence-corrected chi connectivity index (χ2v) is 2.87. The Kier molecular flexibility index (Phi) is 6.98. The average Bonchev–Trinajstić information content (AvgIpc) is 2.12. The van der Waals surface area contributed by atoms with E-state index < -0.39 is 0 Å². The lowest BCUT2D eigenvalue weighted by Crippen LogP contribution is -2.03. The zero-order valence-electron chi connectivity index (χ0n) is 8.34. The lowest BCUT2D eigenvalue weighted by molar-refractivity contribution is -0.143. The van der Waals surface area contributed by atoms with Gasteiger partial charge in [0.25, 0.3) is 0 Å². The molecule has 74 valence electrons. The van der Waals surface area contributed by atoms with Crippen molar-refractivity contribution in [3.05, 3.63) is 24.8 Å². The number of esters is 1. The number of unbranched alkanes of at least 4 members (excludes halogenated alkanes) is 1. The maximum atomic E-state index is 10.9. The third-order valence-electron chi connectivity index (χ3n) is 1.72. The minimum absolute atomic E-state index is 0.105. The van der Waals surface area contributed by atoms with Crippen molar-refractivity contribution in [2.45, 2.75) is 32.6 Å². The van der Waals surface area contributed by atoms with Crippen molar-refractivity contribution >= 4 is 5.97 Å². The topological polar surface area (TPSA) is 26.3 Å². The van der Waals surface area contributed by atoms with Gasteiger partial charge < -0.3 is 4.74 Å². The SMILES string of the molecule is C=CC(=C)CCCCC(=O)OCC. The van der Waals surface area contributed by atoms with Crippen molar-refractivity contribution in [2.75, 3.05) is 6.61 Å². The van der Waals surface area contributed by atoms with Crippen molar-refractivity contribution in [3.8, 4) is 0 Å². The predicted molar refractivity (Wildman–Crippen MR) is 54.4 cm³/mol. The number of carbonyl (C=O) groups excluding carboxylic acids is 1. The first-order valence-corrected chi connectivity index (χ1v) is 4.66. The van der Waals surface area contributed by atoms with Gasteiger partial charge in [-0.25, -0.2) is 0 Å². The molecule has 0 atom stereocenters. The maximum Gasteiger partial charge on any atom is 0.305 e. The van der Waals surface area contributed by atoms with E-state index in [9.17, 15) is 4.79 Å². The van der Waals surface area contributed by atoms with Crippen LogP contribution in [0.25, 0.3) is 0 Å². The molecule has 0 aliphatic heterocycles. The Morgan fingerprint density at radius 2 is 2.00 bits per heavy atom. The van der Waals surface area contributed by atoms with Crippen molar-refractivity contribution in [1.29, 1.82) is 0 Å². The van der Waals surface area contributed by atoms with Crippen LogP contribution in [0.15, 0.2) is 24.8 Å². The number of ether oxygens (including phenoxy) is 1.